The average Bonchev–Trinajstić information content (AvgIpc) is 2.55. The average molecular weight is 397 g/mol. The fraction of sp³-hybridized carbons (Fsp3) is 0.118. The topological polar surface area (TPSA) is 116 Å². The van der Waals surface area contributed by atoms with Crippen molar-refractivity contribution >= 4 is 46.7 Å². The highest BCUT2D eigenvalue weighted by Gasteiger charge is 2.13. The van der Waals surface area contributed by atoms with Crippen LogP contribution in [0.5, 0.6) is 5.75 Å². The number of benzene rings is 2. The summed E-state index contributed by atoms with van der Waals surface area (Å²) in [4.78, 5) is 34.7. The Hall–Kier alpha value is -2.77. The zero-order valence-electron chi connectivity index (χ0n) is 13.3. The second kappa shape index (κ2) is 8.55. The van der Waals surface area contributed by atoms with Crippen LogP contribution in [-0.4, -0.2) is 34.5 Å². The zero-order chi connectivity index (χ0) is 19.3. The molecule has 136 valence electrons. The van der Waals surface area contributed by atoms with Gasteiger partial charge in [-0.3, -0.25) is 14.4 Å². The first-order valence-corrected chi connectivity index (χ1v) is 8.08. The standard InChI is InChI=1S/C17H14Cl2N2O5/c18-10-2-3-11(12(19)7-10)17(26)20-8-15(23)21-13-5-9(6-16(24)25)1-4-14(13)22/h1-5,7,22H,6,8H2,(H,20,26)(H,21,23)(H,24,25). The van der Waals surface area contributed by atoms with Crippen molar-refractivity contribution in [2.45, 2.75) is 6.42 Å². The van der Waals surface area contributed by atoms with E-state index >= 15 is 0 Å². The molecule has 0 saturated heterocycles. The van der Waals surface area contributed by atoms with E-state index in [2.05, 4.69) is 10.6 Å². The van der Waals surface area contributed by atoms with Crippen LogP contribution in [0, 0.1) is 0 Å². The molecular formula is C17H14Cl2N2O5. The second-order valence-corrected chi connectivity index (χ2v) is 6.12. The minimum Gasteiger partial charge on any atom is -0.506 e. The van der Waals surface area contributed by atoms with E-state index in [0.717, 1.165) is 0 Å². The summed E-state index contributed by atoms with van der Waals surface area (Å²) in [6.07, 6.45) is -0.255. The molecule has 2 aromatic rings. The molecule has 9 heteroatoms. The maximum absolute atomic E-state index is 12.0. The van der Waals surface area contributed by atoms with Gasteiger partial charge in [0, 0.05) is 5.02 Å². The summed E-state index contributed by atoms with van der Waals surface area (Å²) in [6.45, 7) is -0.375. The number of hydrogen-bond acceptors (Lipinski definition) is 4. The predicted octanol–water partition coefficient (Wildman–Crippen LogP) is 2.69. The highest BCUT2D eigenvalue weighted by molar-refractivity contribution is 6.36. The molecule has 2 aromatic carbocycles. The number of aliphatic carboxylic acids is 1. The van der Waals surface area contributed by atoms with Gasteiger partial charge in [0.1, 0.15) is 5.75 Å². The number of phenolic OH excluding ortho intramolecular Hbond substituents is 1. The number of amides is 2. The van der Waals surface area contributed by atoms with Crippen molar-refractivity contribution in [2.75, 3.05) is 11.9 Å². The first kappa shape index (κ1) is 19.6. The number of carbonyl (C=O) groups is 3. The molecule has 0 bridgehead atoms. The molecule has 0 atom stereocenters. The van der Waals surface area contributed by atoms with E-state index in [1.54, 1.807) is 0 Å². The van der Waals surface area contributed by atoms with Crippen LogP contribution >= 0.6 is 23.2 Å². The van der Waals surface area contributed by atoms with E-state index in [-0.39, 0.29) is 35.0 Å². The lowest BCUT2D eigenvalue weighted by Crippen LogP contribution is -2.33. The Balaban J connectivity index is 1.98. The van der Waals surface area contributed by atoms with Crippen LogP contribution < -0.4 is 10.6 Å². The van der Waals surface area contributed by atoms with Gasteiger partial charge in [-0.05, 0) is 35.9 Å². The molecular weight excluding hydrogens is 383 g/mol. The second-order valence-electron chi connectivity index (χ2n) is 5.28. The van der Waals surface area contributed by atoms with Gasteiger partial charge in [0.15, 0.2) is 0 Å². The minimum atomic E-state index is -1.04. The van der Waals surface area contributed by atoms with Gasteiger partial charge in [0.25, 0.3) is 5.91 Å². The van der Waals surface area contributed by atoms with E-state index in [0.29, 0.717) is 10.6 Å². The van der Waals surface area contributed by atoms with Crippen molar-refractivity contribution in [2.24, 2.45) is 0 Å². The number of anilines is 1. The van der Waals surface area contributed by atoms with Crippen LogP contribution in [0.1, 0.15) is 15.9 Å². The Morgan fingerprint density at radius 3 is 2.42 bits per heavy atom. The largest absolute Gasteiger partial charge is 0.506 e. The van der Waals surface area contributed by atoms with Crippen molar-refractivity contribution in [1.82, 2.24) is 5.32 Å². The normalized spacial score (nSPS) is 10.2. The van der Waals surface area contributed by atoms with Crippen molar-refractivity contribution in [3.8, 4) is 5.75 Å². The smallest absolute Gasteiger partial charge is 0.307 e. The minimum absolute atomic E-state index is 0.0486. The molecule has 0 radical (unpaired) electrons. The van der Waals surface area contributed by atoms with Gasteiger partial charge in [-0.1, -0.05) is 29.3 Å². The van der Waals surface area contributed by atoms with Gasteiger partial charge in [-0.15, -0.1) is 0 Å². The van der Waals surface area contributed by atoms with Crippen molar-refractivity contribution < 1.29 is 24.6 Å². The van der Waals surface area contributed by atoms with Crippen molar-refractivity contribution in [3.05, 3.63) is 57.6 Å². The van der Waals surface area contributed by atoms with Gasteiger partial charge in [-0.2, -0.15) is 0 Å². The molecule has 0 aromatic heterocycles. The van der Waals surface area contributed by atoms with Gasteiger partial charge >= 0.3 is 5.97 Å². The quantitative estimate of drug-likeness (QED) is 0.560. The van der Waals surface area contributed by atoms with Crippen molar-refractivity contribution in [1.29, 1.82) is 0 Å². The Bertz CT molecular complexity index is 870. The van der Waals surface area contributed by atoms with Crippen LogP contribution in [0.4, 0.5) is 5.69 Å². The van der Waals surface area contributed by atoms with Crippen LogP contribution in [0.3, 0.4) is 0 Å². The van der Waals surface area contributed by atoms with E-state index < -0.39 is 17.8 Å². The van der Waals surface area contributed by atoms with E-state index in [1.165, 1.54) is 36.4 Å². The van der Waals surface area contributed by atoms with Crippen molar-refractivity contribution in [3.63, 3.8) is 0 Å². The number of halogens is 2. The SMILES string of the molecule is O=C(O)Cc1ccc(O)c(NC(=O)CNC(=O)c2ccc(Cl)cc2Cl)c1. The van der Waals surface area contributed by atoms with E-state index in [9.17, 15) is 19.5 Å². The molecule has 2 amide bonds. The molecule has 0 aliphatic heterocycles. The maximum Gasteiger partial charge on any atom is 0.307 e. The molecule has 0 unspecified atom stereocenters. The third kappa shape index (κ3) is 5.37. The molecule has 0 heterocycles. The van der Waals surface area contributed by atoms with Crippen LogP contribution in [0.15, 0.2) is 36.4 Å². The Kier molecular flexibility index (Phi) is 6.43. The summed E-state index contributed by atoms with van der Waals surface area (Å²) in [5.41, 5.74) is 0.616. The summed E-state index contributed by atoms with van der Waals surface area (Å²) in [7, 11) is 0. The molecule has 0 spiro atoms. The Morgan fingerprint density at radius 2 is 1.77 bits per heavy atom. The number of nitrogens with one attached hydrogen (secondary N) is 2. The fourth-order valence-electron chi connectivity index (χ4n) is 2.09. The predicted molar refractivity (Wildman–Crippen MR) is 96.9 cm³/mol. The van der Waals surface area contributed by atoms with Gasteiger partial charge in [0.2, 0.25) is 5.91 Å². The lowest BCUT2D eigenvalue weighted by molar-refractivity contribution is -0.136. The van der Waals surface area contributed by atoms with E-state index in [1.807, 2.05) is 0 Å². The van der Waals surface area contributed by atoms with Crippen LogP contribution in [-0.2, 0) is 16.0 Å². The summed E-state index contributed by atoms with van der Waals surface area (Å²) >= 11 is 11.7. The number of hydrogen-bond donors (Lipinski definition) is 4. The summed E-state index contributed by atoms with van der Waals surface area (Å²) in [5, 5.41) is 23.9. The highest BCUT2D eigenvalue weighted by atomic mass is 35.5. The van der Waals surface area contributed by atoms with Crippen LogP contribution in [0.2, 0.25) is 10.0 Å². The molecule has 0 aliphatic carbocycles. The summed E-state index contributed by atoms with van der Waals surface area (Å²) < 4.78 is 0. The maximum atomic E-state index is 12.0. The van der Waals surface area contributed by atoms with Gasteiger partial charge < -0.3 is 20.8 Å². The number of carbonyl (C=O) groups excluding carboxylic acids is 2. The highest BCUT2D eigenvalue weighted by Crippen LogP contribution is 2.24. The van der Waals surface area contributed by atoms with Gasteiger partial charge in [0.05, 0.1) is 29.2 Å². The molecule has 0 aliphatic rings. The third-order valence-electron chi connectivity index (χ3n) is 3.28. The lowest BCUT2D eigenvalue weighted by atomic mass is 10.1. The first-order chi connectivity index (χ1) is 12.3. The number of phenols is 1. The number of rotatable bonds is 6. The molecule has 4 N–H and O–H groups in total. The monoisotopic (exact) mass is 396 g/mol. The van der Waals surface area contributed by atoms with Crippen LogP contribution in [0.25, 0.3) is 0 Å². The summed E-state index contributed by atoms with van der Waals surface area (Å²) in [6, 6.07) is 8.39. The van der Waals surface area contributed by atoms with Gasteiger partial charge in [-0.25, -0.2) is 0 Å². The Morgan fingerprint density at radius 1 is 1.04 bits per heavy atom. The molecule has 26 heavy (non-hydrogen) atoms. The zero-order valence-corrected chi connectivity index (χ0v) is 14.8. The molecule has 0 fully saturated rings. The molecule has 2 rings (SSSR count). The lowest BCUT2D eigenvalue weighted by Gasteiger charge is -2.10. The number of carboxylic acid groups (broad SMARTS) is 1. The number of carboxylic acids is 1. The first-order valence-electron chi connectivity index (χ1n) is 7.33. The molecule has 0 saturated carbocycles. The molecule has 7 nitrogen and oxygen atoms in total. The Labute approximate surface area is 158 Å². The third-order valence-corrected chi connectivity index (χ3v) is 3.82. The fourth-order valence-corrected chi connectivity index (χ4v) is 2.59. The number of aromatic hydroxyl groups is 1. The van der Waals surface area contributed by atoms with E-state index in [4.69, 9.17) is 28.3 Å². The summed E-state index contributed by atoms with van der Waals surface area (Å²) in [5.74, 6) is -2.43.